The smallest absolute Gasteiger partial charge is 0.313 e. The number of carbonyl (C=O) groups is 1. The topological polar surface area (TPSA) is 29.1 Å². The zero-order chi connectivity index (χ0) is 13.1. The van der Waals surface area contributed by atoms with Crippen LogP contribution in [0.5, 0.6) is 0 Å². The normalized spacial score (nSPS) is 15.1. The van der Waals surface area contributed by atoms with E-state index in [-0.39, 0.29) is 10.5 Å². The first-order valence-corrected chi connectivity index (χ1v) is 5.63. The molecule has 1 amide bonds. The molecule has 1 aromatic rings. The average Bonchev–Trinajstić information content (AvgIpc) is 2.27. The van der Waals surface area contributed by atoms with Gasteiger partial charge in [-0.1, -0.05) is 30.3 Å². The number of nitrogens with one attached hydrogen (secondary N) is 1. The molecule has 0 heterocycles. The number of amides is 1. The van der Waals surface area contributed by atoms with Gasteiger partial charge in [0.05, 0.1) is 27.2 Å². The standard InChI is InChI=1S/C13H19FN2O/c1-10(11-8-6-5-7-9-11)15-13(17)12(14)16(2,3)4/h5-10,12H,1-4H3/p+1/t10-,12+/m0/s1. The van der Waals surface area contributed by atoms with Crippen LogP contribution < -0.4 is 5.32 Å². The summed E-state index contributed by atoms with van der Waals surface area (Å²) in [6.07, 6.45) is -1.55. The van der Waals surface area contributed by atoms with Gasteiger partial charge in [-0.25, -0.2) is 0 Å². The van der Waals surface area contributed by atoms with Crippen molar-refractivity contribution in [3.05, 3.63) is 35.9 Å². The summed E-state index contributed by atoms with van der Waals surface area (Å²) in [4.78, 5) is 11.7. The Morgan fingerprint density at radius 1 is 1.24 bits per heavy atom. The number of carbonyl (C=O) groups excluding carboxylic acids is 1. The van der Waals surface area contributed by atoms with Crippen LogP contribution in [0.2, 0.25) is 0 Å². The number of alkyl halides is 1. The van der Waals surface area contributed by atoms with Crippen molar-refractivity contribution < 1.29 is 13.7 Å². The van der Waals surface area contributed by atoms with Crippen molar-refractivity contribution in [3.63, 3.8) is 0 Å². The molecule has 0 bridgehead atoms. The van der Waals surface area contributed by atoms with Crippen molar-refractivity contribution in [1.82, 2.24) is 5.32 Å². The zero-order valence-electron chi connectivity index (χ0n) is 10.8. The SMILES string of the molecule is C[C@H](NC(=O)[C@H](F)[N+](C)(C)C)c1ccccc1. The number of benzene rings is 1. The predicted molar refractivity (Wildman–Crippen MR) is 65.9 cm³/mol. The predicted octanol–water partition coefficient (Wildman–Crippen LogP) is 1.87. The van der Waals surface area contributed by atoms with Crippen LogP contribution in [0.15, 0.2) is 30.3 Å². The third-order valence-electron chi connectivity index (χ3n) is 2.55. The lowest BCUT2D eigenvalue weighted by Crippen LogP contribution is -2.51. The quantitative estimate of drug-likeness (QED) is 0.630. The third-order valence-corrected chi connectivity index (χ3v) is 2.55. The number of halogens is 1. The molecule has 0 spiro atoms. The van der Waals surface area contributed by atoms with Crippen LogP contribution in [0, 0.1) is 0 Å². The highest BCUT2D eigenvalue weighted by Gasteiger charge is 2.31. The highest BCUT2D eigenvalue weighted by atomic mass is 19.1. The van der Waals surface area contributed by atoms with E-state index in [0.717, 1.165) is 5.56 Å². The van der Waals surface area contributed by atoms with Gasteiger partial charge in [0.15, 0.2) is 0 Å². The molecule has 0 saturated heterocycles. The van der Waals surface area contributed by atoms with Crippen molar-refractivity contribution in [3.8, 4) is 0 Å². The van der Waals surface area contributed by atoms with Crippen LogP contribution in [0.25, 0.3) is 0 Å². The molecule has 0 radical (unpaired) electrons. The molecule has 2 atom stereocenters. The van der Waals surface area contributed by atoms with Crippen molar-refractivity contribution in [2.45, 2.75) is 19.3 Å². The van der Waals surface area contributed by atoms with Crippen LogP contribution in [0.4, 0.5) is 4.39 Å². The average molecular weight is 239 g/mol. The largest absolute Gasteiger partial charge is 0.342 e. The Morgan fingerprint density at radius 3 is 2.24 bits per heavy atom. The lowest BCUT2D eigenvalue weighted by atomic mass is 10.1. The molecule has 0 aliphatic carbocycles. The fourth-order valence-electron chi connectivity index (χ4n) is 1.46. The lowest BCUT2D eigenvalue weighted by Gasteiger charge is -2.28. The van der Waals surface area contributed by atoms with E-state index in [4.69, 9.17) is 0 Å². The summed E-state index contributed by atoms with van der Waals surface area (Å²) in [7, 11) is 4.95. The highest BCUT2D eigenvalue weighted by molar-refractivity contribution is 5.79. The summed E-state index contributed by atoms with van der Waals surface area (Å²) in [5.41, 5.74) is 0.967. The van der Waals surface area contributed by atoms with E-state index < -0.39 is 12.2 Å². The van der Waals surface area contributed by atoms with Gasteiger partial charge in [-0.3, -0.25) is 9.28 Å². The molecular formula is C13H20FN2O+. The first kappa shape index (κ1) is 13.6. The van der Waals surface area contributed by atoms with Gasteiger partial charge >= 0.3 is 12.2 Å². The van der Waals surface area contributed by atoms with E-state index in [2.05, 4.69) is 5.32 Å². The molecule has 0 fully saturated rings. The molecule has 0 saturated carbocycles. The van der Waals surface area contributed by atoms with E-state index in [0.29, 0.717) is 0 Å². The fourth-order valence-corrected chi connectivity index (χ4v) is 1.46. The second-order valence-corrected chi connectivity index (χ2v) is 5.09. The first-order chi connectivity index (χ1) is 7.82. The van der Waals surface area contributed by atoms with Gasteiger partial charge in [-0.15, -0.1) is 0 Å². The number of nitrogens with zero attached hydrogens (tertiary/aromatic N) is 1. The molecular weight excluding hydrogens is 219 g/mol. The van der Waals surface area contributed by atoms with Gasteiger partial charge in [0.2, 0.25) is 0 Å². The molecule has 17 heavy (non-hydrogen) atoms. The number of hydrogen-bond donors (Lipinski definition) is 1. The van der Waals surface area contributed by atoms with Crippen molar-refractivity contribution in [2.75, 3.05) is 21.1 Å². The van der Waals surface area contributed by atoms with Gasteiger partial charge in [0, 0.05) is 0 Å². The monoisotopic (exact) mass is 239 g/mol. The van der Waals surface area contributed by atoms with E-state index in [1.54, 1.807) is 21.1 Å². The second-order valence-electron chi connectivity index (χ2n) is 5.09. The van der Waals surface area contributed by atoms with Crippen LogP contribution in [0.1, 0.15) is 18.5 Å². The number of hydrogen-bond acceptors (Lipinski definition) is 1. The first-order valence-electron chi connectivity index (χ1n) is 5.63. The van der Waals surface area contributed by atoms with Gasteiger partial charge in [-0.05, 0) is 12.5 Å². The summed E-state index contributed by atoms with van der Waals surface area (Å²) < 4.78 is 13.7. The third kappa shape index (κ3) is 3.82. The molecule has 0 aliphatic rings. The maximum atomic E-state index is 13.7. The van der Waals surface area contributed by atoms with Gasteiger partial charge < -0.3 is 5.32 Å². The Hall–Kier alpha value is -1.42. The Morgan fingerprint density at radius 2 is 1.76 bits per heavy atom. The fraction of sp³-hybridized carbons (Fsp3) is 0.462. The zero-order valence-corrected chi connectivity index (χ0v) is 10.8. The van der Waals surface area contributed by atoms with Gasteiger partial charge in [0.25, 0.3) is 0 Å². The molecule has 1 N–H and O–H groups in total. The lowest BCUT2D eigenvalue weighted by molar-refractivity contribution is -0.901. The minimum atomic E-state index is -1.55. The number of quaternary nitrogens is 1. The number of rotatable bonds is 4. The van der Waals surface area contributed by atoms with E-state index in [9.17, 15) is 9.18 Å². The molecule has 3 nitrogen and oxygen atoms in total. The maximum Gasteiger partial charge on any atom is 0.313 e. The molecule has 1 rings (SSSR count). The van der Waals surface area contributed by atoms with Crippen LogP contribution in [0.3, 0.4) is 0 Å². The summed E-state index contributed by atoms with van der Waals surface area (Å²) in [5, 5.41) is 2.67. The molecule has 1 aromatic carbocycles. The Kier molecular flexibility index (Phi) is 4.23. The van der Waals surface area contributed by atoms with Crippen molar-refractivity contribution in [1.29, 1.82) is 0 Å². The summed E-state index contributed by atoms with van der Waals surface area (Å²) in [5.74, 6) is -0.575. The minimum Gasteiger partial charge on any atom is -0.342 e. The van der Waals surface area contributed by atoms with Gasteiger partial charge in [0.1, 0.15) is 0 Å². The Bertz CT molecular complexity index is 373. The molecule has 4 heteroatoms. The molecule has 94 valence electrons. The van der Waals surface area contributed by atoms with Crippen LogP contribution in [-0.2, 0) is 4.79 Å². The van der Waals surface area contributed by atoms with Gasteiger partial charge in [-0.2, -0.15) is 4.39 Å². The summed E-state index contributed by atoms with van der Waals surface area (Å²) in [6, 6.07) is 9.32. The van der Waals surface area contributed by atoms with Crippen LogP contribution in [-0.4, -0.2) is 37.8 Å². The summed E-state index contributed by atoms with van der Waals surface area (Å²) in [6.45, 7) is 1.84. The van der Waals surface area contributed by atoms with E-state index in [1.807, 2.05) is 37.3 Å². The van der Waals surface area contributed by atoms with Crippen LogP contribution >= 0.6 is 0 Å². The number of likely N-dealkylation sites (N-methyl/N-ethyl adjacent to an activating group) is 1. The van der Waals surface area contributed by atoms with E-state index in [1.165, 1.54) is 0 Å². The van der Waals surface area contributed by atoms with Crippen molar-refractivity contribution >= 4 is 5.91 Å². The molecule has 0 aliphatic heterocycles. The minimum absolute atomic E-state index is 0.0344. The Labute approximate surface area is 102 Å². The van der Waals surface area contributed by atoms with E-state index >= 15 is 0 Å². The van der Waals surface area contributed by atoms with Crippen molar-refractivity contribution in [2.24, 2.45) is 0 Å². The summed E-state index contributed by atoms with van der Waals surface area (Å²) >= 11 is 0. The molecule has 0 unspecified atom stereocenters. The molecule has 0 aromatic heterocycles. The second kappa shape index (κ2) is 5.27. The highest BCUT2D eigenvalue weighted by Crippen LogP contribution is 2.13. The maximum absolute atomic E-state index is 13.7. The Balaban J connectivity index is 2.64.